The number of nitrogens with one attached hydrogen (secondary N) is 2. The maximum Gasteiger partial charge on any atom is 0.270 e. The second kappa shape index (κ2) is 8.98. The lowest BCUT2D eigenvalue weighted by atomic mass is 10.1. The van der Waals surface area contributed by atoms with E-state index in [2.05, 4.69) is 25.5 Å². The second-order valence-electron chi connectivity index (χ2n) is 5.94. The first-order valence-corrected chi connectivity index (χ1v) is 8.11. The van der Waals surface area contributed by atoms with Crippen molar-refractivity contribution in [3.05, 3.63) is 53.3 Å². The summed E-state index contributed by atoms with van der Waals surface area (Å²) in [6.07, 6.45) is 0.796. The smallest absolute Gasteiger partial charge is 0.270 e. The van der Waals surface area contributed by atoms with Gasteiger partial charge in [-0.2, -0.15) is 0 Å². The molecule has 1 amide bonds. The molecule has 0 spiro atoms. The Hall–Kier alpha value is -2.47. The van der Waals surface area contributed by atoms with Crippen molar-refractivity contribution in [1.29, 1.82) is 0 Å². The van der Waals surface area contributed by atoms with Crippen LogP contribution in [0.4, 0.5) is 5.95 Å². The van der Waals surface area contributed by atoms with Gasteiger partial charge in [0.2, 0.25) is 5.95 Å². The highest BCUT2D eigenvalue weighted by Gasteiger charge is 2.10. The number of benzene rings is 1. The van der Waals surface area contributed by atoms with Crippen LogP contribution in [-0.2, 0) is 6.42 Å². The van der Waals surface area contributed by atoms with Crippen LogP contribution in [0, 0.1) is 6.92 Å². The van der Waals surface area contributed by atoms with Gasteiger partial charge in [0.05, 0.1) is 0 Å². The van der Waals surface area contributed by atoms with Crippen LogP contribution >= 0.6 is 0 Å². The summed E-state index contributed by atoms with van der Waals surface area (Å²) >= 11 is 0. The number of likely N-dealkylation sites (N-methyl/N-ethyl adjacent to an activating group) is 1. The van der Waals surface area contributed by atoms with Crippen molar-refractivity contribution >= 4 is 11.9 Å². The van der Waals surface area contributed by atoms with Crippen LogP contribution in [0.1, 0.15) is 21.7 Å². The summed E-state index contributed by atoms with van der Waals surface area (Å²) < 4.78 is 0. The minimum absolute atomic E-state index is 0.174. The summed E-state index contributed by atoms with van der Waals surface area (Å²) in [6.45, 7) is 4.04. The SMILES string of the molecule is Cc1cc(C(=O)NCCc2ccccc2)nc(NCCN(C)C)n1. The van der Waals surface area contributed by atoms with E-state index < -0.39 is 0 Å². The van der Waals surface area contributed by atoms with E-state index in [9.17, 15) is 4.79 Å². The maximum atomic E-state index is 12.3. The van der Waals surface area contributed by atoms with Crippen molar-refractivity contribution in [2.75, 3.05) is 39.0 Å². The predicted molar refractivity (Wildman–Crippen MR) is 96.3 cm³/mol. The normalized spacial score (nSPS) is 10.7. The second-order valence-corrected chi connectivity index (χ2v) is 5.94. The zero-order chi connectivity index (χ0) is 17.4. The number of hydrogen-bond donors (Lipinski definition) is 2. The number of carbonyl (C=O) groups excluding carboxylic acids is 1. The van der Waals surface area contributed by atoms with Crippen molar-refractivity contribution in [2.24, 2.45) is 0 Å². The molecule has 0 unspecified atom stereocenters. The van der Waals surface area contributed by atoms with Gasteiger partial charge in [-0.1, -0.05) is 30.3 Å². The van der Waals surface area contributed by atoms with E-state index in [0.29, 0.717) is 18.2 Å². The molecule has 0 aliphatic carbocycles. The number of nitrogens with zero attached hydrogens (tertiary/aromatic N) is 3. The molecule has 0 bridgehead atoms. The zero-order valence-electron chi connectivity index (χ0n) is 14.5. The lowest BCUT2D eigenvalue weighted by molar-refractivity contribution is 0.0949. The topological polar surface area (TPSA) is 70.2 Å². The van der Waals surface area contributed by atoms with Crippen molar-refractivity contribution in [3.63, 3.8) is 0 Å². The maximum absolute atomic E-state index is 12.3. The Labute approximate surface area is 143 Å². The molecule has 0 radical (unpaired) electrons. The highest BCUT2D eigenvalue weighted by Crippen LogP contribution is 2.05. The molecule has 24 heavy (non-hydrogen) atoms. The number of amides is 1. The van der Waals surface area contributed by atoms with Gasteiger partial charge in [-0.15, -0.1) is 0 Å². The van der Waals surface area contributed by atoms with Crippen molar-refractivity contribution < 1.29 is 4.79 Å². The third-order valence-corrected chi connectivity index (χ3v) is 3.47. The first-order chi connectivity index (χ1) is 11.5. The Balaban J connectivity index is 1.89. The third kappa shape index (κ3) is 5.96. The molecule has 6 heteroatoms. The molecule has 0 atom stereocenters. The first kappa shape index (κ1) is 17.9. The van der Waals surface area contributed by atoms with Gasteiger partial charge in [-0.05, 0) is 39.1 Å². The molecule has 0 aliphatic rings. The van der Waals surface area contributed by atoms with Crippen LogP contribution in [0.5, 0.6) is 0 Å². The summed E-state index contributed by atoms with van der Waals surface area (Å²) in [5.74, 6) is 0.317. The largest absolute Gasteiger partial charge is 0.353 e. The van der Waals surface area contributed by atoms with Crippen LogP contribution in [0.2, 0.25) is 0 Å². The molecule has 2 aromatic rings. The molecular weight excluding hydrogens is 302 g/mol. The number of rotatable bonds is 8. The van der Waals surface area contributed by atoms with E-state index in [0.717, 1.165) is 25.2 Å². The van der Waals surface area contributed by atoms with Crippen LogP contribution < -0.4 is 10.6 Å². The summed E-state index contributed by atoms with van der Waals surface area (Å²) in [7, 11) is 4.01. The Morgan fingerprint density at radius 2 is 1.88 bits per heavy atom. The lowest BCUT2D eigenvalue weighted by Crippen LogP contribution is -2.27. The average Bonchev–Trinajstić information content (AvgIpc) is 2.55. The highest BCUT2D eigenvalue weighted by molar-refractivity contribution is 5.92. The fraction of sp³-hybridized carbons (Fsp3) is 0.389. The number of aromatic nitrogens is 2. The monoisotopic (exact) mass is 327 g/mol. The van der Waals surface area contributed by atoms with Gasteiger partial charge in [-0.25, -0.2) is 9.97 Å². The summed E-state index contributed by atoms with van der Waals surface area (Å²) in [4.78, 5) is 23.0. The molecule has 2 rings (SSSR count). The van der Waals surface area contributed by atoms with E-state index in [4.69, 9.17) is 0 Å². The van der Waals surface area contributed by atoms with Crippen LogP contribution in [0.25, 0.3) is 0 Å². The molecular formula is C18H25N5O. The van der Waals surface area contributed by atoms with E-state index >= 15 is 0 Å². The fourth-order valence-corrected chi connectivity index (χ4v) is 2.21. The quantitative estimate of drug-likeness (QED) is 0.773. The van der Waals surface area contributed by atoms with Crippen molar-refractivity contribution in [3.8, 4) is 0 Å². The van der Waals surface area contributed by atoms with Crippen molar-refractivity contribution in [2.45, 2.75) is 13.3 Å². The fourth-order valence-electron chi connectivity index (χ4n) is 2.21. The minimum Gasteiger partial charge on any atom is -0.353 e. The molecule has 0 fully saturated rings. The molecule has 1 aromatic heterocycles. The highest BCUT2D eigenvalue weighted by atomic mass is 16.1. The summed E-state index contributed by atoms with van der Waals surface area (Å²) in [5, 5.41) is 6.06. The van der Waals surface area contributed by atoms with E-state index in [1.165, 1.54) is 5.56 Å². The van der Waals surface area contributed by atoms with Crippen LogP contribution in [0.15, 0.2) is 36.4 Å². The van der Waals surface area contributed by atoms with E-state index in [-0.39, 0.29) is 5.91 Å². The van der Waals surface area contributed by atoms with Gasteiger partial charge in [0.15, 0.2) is 0 Å². The number of carbonyl (C=O) groups is 1. The number of hydrogen-bond acceptors (Lipinski definition) is 5. The van der Waals surface area contributed by atoms with E-state index in [1.54, 1.807) is 6.07 Å². The Morgan fingerprint density at radius 3 is 2.58 bits per heavy atom. The molecule has 1 heterocycles. The number of anilines is 1. The molecule has 0 aliphatic heterocycles. The molecule has 6 nitrogen and oxygen atoms in total. The van der Waals surface area contributed by atoms with E-state index in [1.807, 2.05) is 51.4 Å². The molecule has 0 saturated carbocycles. The lowest BCUT2D eigenvalue weighted by Gasteiger charge is -2.11. The third-order valence-electron chi connectivity index (χ3n) is 3.47. The molecule has 2 N–H and O–H groups in total. The van der Waals surface area contributed by atoms with Gasteiger partial charge in [0, 0.05) is 25.3 Å². The molecule has 128 valence electrons. The van der Waals surface area contributed by atoms with Crippen molar-refractivity contribution in [1.82, 2.24) is 20.2 Å². The summed E-state index contributed by atoms with van der Waals surface area (Å²) in [5.41, 5.74) is 2.36. The zero-order valence-corrected chi connectivity index (χ0v) is 14.5. The van der Waals surface area contributed by atoms with Crippen LogP contribution in [-0.4, -0.2) is 54.5 Å². The standard InChI is InChI=1S/C18H25N5O/c1-14-13-16(22-18(21-14)20-11-12-23(2)3)17(24)19-10-9-15-7-5-4-6-8-15/h4-8,13H,9-12H2,1-3H3,(H,19,24)(H,20,21,22). The van der Waals surface area contributed by atoms with Gasteiger partial charge in [0.25, 0.3) is 5.91 Å². The van der Waals surface area contributed by atoms with Gasteiger partial charge in [0.1, 0.15) is 5.69 Å². The molecule has 0 saturated heterocycles. The average molecular weight is 327 g/mol. The number of aryl methyl sites for hydroxylation is 1. The van der Waals surface area contributed by atoms with Gasteiger partial charge >= 0.3 is 0 Å². The predicted octanol–water partition coefficient (Wildman–Crippen LogP) is 1.73. The minimum atomic E-state index is -0.174. The molecule has 1 aromatic carbocycles. The van der Waals surface area contributed by atoms with Gasteiger partial charge in [-0.3, -0.25) is 4.79 Å². The Kier molecular flexibility index (Phi) is 6.69. The first-order valence-electron chi connectivity index (χ1n) is 8.11. The Morgan fingerprint density at radius 1 is 1.12 bits per heavy atom. The Bertz CT molecular complexity index is 658. The summed E-state index contributed by atoms with van der Waals surface area (Å²) in [6, 6.07) is 11.8. The van der Waals surface area contributed by atoms with Crippen LogP contribution in [0.3, 0.4) is 0 Å². The van der Waals surface area contributed by atoms with Gasteiger partial charge < -0.3 is 15.5 Å².